The number of aromatic amines is 2. The van der Waals surface area contributed by atoms with E-state index >= 15 is 0 Å². The summed E-state index contributed by atoms with van der Waals surface area (Å²) >= 11 is 0. The van der Waals surface area contributed by atoms with Crippen LogP contribution in [0.15, 0.2) is 58.4 Å². The second kappa shape index (κ2) is 11.1. The molecule has 8 heteroatoms. The molecule has 0 unspecified atom stereocenters. The maximum absolute atomic E-state index is 13.0. The van der Waals surface area contributed by atoms with Crippen molar-refractivity contribution in [2.45, 2.75) is 32.7 Å². The van der Waals surface area contributed by atoms with Gasteiger partial charge in [0.05, 0.1) is 25.2 Å². The minimum absolute atomic E-state index is 0.195. The summed E-state index contributed by atoms with van der Waals surface area (Å²) in [4.78, 5) is 38.4. The molecule has 0 spiro atoms. The van der Waals surface area contributed by atoms with Gasteiger partial charge < -0.3 is 19.3 Å². The molecule has 1 saturated heterocycles. The molecule has 0 aliphatic carbocycles. The van der Waals surface area contributed by atoms with Crippen LogP contribution < -0.4 is 21.8 Å². The van der Waals surface area contributed by atoms with Crippen LogP contribution in [-0.4, -0.2) is 57.3 Å². The van der Waals surface area contributed by atoms with Crippen molar-refractivity contribution in [3.8, 4) is 0 Å². The van der Waals surface area contributed by atoms with Crippen LogP contribution in [0.3, 0.4) is 0 Å². The van der Waals surface area contributed by atoms with Gasteiger partial charge in [0.15, 0.2) is 0 Å². The Morgan fingerprint density at radius 1 is 0.946 bits per heavy atom. The third-order valence-electron chi connectivity index (χ3n) is 6.82. The number of imidazole rings is 1. The molecule has 8 nitrogen and oxygen atoms in total. The maximum atomic E-state index is 13.0. The number of fused-ring (bicyclic) bond motifs is 1. The van der Waals surface area contributed by atoms with Crippen LogP contribution in [0.5, 0.6) is 0 Å². The summed E-state index contributed by atoms with van der Waals surface area (Å²) in [6.45, 7) is 9.63. The SMILES string of the molecule is CC(C)c1c(/C=c2\[nH]c(=O)/c(=C/c3cccc4ccccc34)[nH]c2=O)ncn1CCCN1CCOCC1. The Morgan fingerprint density at radius 3 is 2.41 bits per heavy atom. The number of aryl methyl sites for hydroxylation is 1. The minimum atomic E-state index is -0.359. The molecule has 0 bridgehead atoms. The molecule has 2 aromatic carbocycles. The van der Waals surface area contributed by atoms with Gasteiger partial charge in [0.25, 0.3) is 11.1 Å². The first-order valence-corrected chi connectivity index (χ1v) is 12.9. The van der Waals surface area contributed by atoms with Crippen LogP contribution in [0.2, 0.25) is 0 Å². The Labute approximate surface area is 214 Å². The summed E-state index contributed by atoms with van der Waals surface area (Å²) in [6, 6.07) is 13.8. The first-order valence-electron chi connectivity index (χ1n) is 12.9. The molecule has 0 radical (unpaired) electrons. The van der Waals surface area contributed by atoms with Crippen LogP contribution in [-0.2, 0) is 11.3 Å². The van der Waals surface area contributed by atoms with E-state index in [9.17, 15) is 9.59 Å². The second-order valence-electron chi connectivity index (χ2n) is 9.76. The molecule has 0 saturated carbocycles. The Bertz CT molecular complexity index is 1620. The van der Waals surface area contributed by atoms with E-state index in [-0.39, 0.29) is 27.7 Å². The number of aromatic nitrogens is 4. The van der Waals surface area contributed by atoms with Gasteiger partial charge in [0, 0.05) is 31.9 Å². The van der Waals surface area contributed by atoms with E-state index < -0.39 is 0 Å². The number of benzene rings is 2. The van der Waals surface area contributed by atoms with Gasteiger partial charge in [-0.05, 0) is 40.8 Å². The Morgan fingerprint density at radius 2 is 1.65 bits per heavy atom. The lowest BCUT2D eigenvalue weighted by molar-refractivity contribution is 0.0369. The topological polar surface area (TPSA) is 96.0 Å². The maximum Gasteiger partial charge on any atom is 0.272 e. The summed E-state index contributed by atoms with van der Waals surface area (Å²) < 4.78 is 7.59. The lowest BCUT2D eigenvalue weighted by Gasteiger charge is -2.26. The van der Waals surface area contributed by atoms with Crippen LogP contribution in [0.1, 0.15) is 43.1 Å². The molecular weight excluding hydrogens is 466 g/mol. The number of nitrogens with zero attached hydrogens (tertiary/aromatic N) is 3. The average molecular weight is 500 g/mol. The van der Waals surface area contributed by atoms with Crippen LogP contribution >= 0.6 is 0 Å². The van der Waals surface area contributed by atoms with E-state index in [1.165, 1.54) is 0 Å². The summed E-state index contributed by atoms with van der Waals surface area (Å²) in [7, 11) is 0. The third kappa shape index (κ3) is 5.65. The molecule has 37 heavy (non-hydrogen) atoms. The Balaban J connectivity index is 1.44. The number of ether oxygens (including phenoxy) is 1. The molecule has 0 atom stereocenters. The first kappa shape index (κ1) is 24.9. The normalized spacial score (nSPS) is 15.8. The zero-order valence-corrected chi connectivity index (χ0v) is 21.4. The second-order valence-corrected chi connectivity index (χ2v) is 9.76. The molecule has 192 valence electrons. The van der Waals surface area contributed by atoms with Gasteiger partial charge in [0.1, 0.15) is 10.7 Å². The van der Waals surface area contributed by atoms with Crippen molar-refractivity contribution in [1.29, 1.82) is 0 Å². The van der Waals surface area contributed by atoms with Crippen molar-refractivity contribution >= 4 is 22.9 Å². The van der Waals surface area contributed by atoms with Gasteiger partial charge in [-0.1, -0.05) is 56.3 Å². The van der Waals surface area contributed by atoms with Crippen molar-refractivity contribution in [2.24, 2.45) is 0 Å². The van der Waals surface area contributed by atoms with Crippen LogP contribution in [0, 0.1) is 0 Å². The first-order chi connectivity index (χ1) is 18.0. The smallest absolute Gasteiger partial charge is 0.272 e. The van der Waals surface area contributed by atoms with Crippen molar-refractivity contribution in [1.82, 2.24) is 24.4 Å². The quantitative estimate of drug-likeness (QED) is 0.405. The van der Waals surface area contributed by atoms with Crippen molar-refractivity contribution < 1.29 is 4.74 Å². The summed E-state index contributed by atoms with van der Waals surface area (Å²) in [5.41, 5.74) is 1.91. The van der Waals surface area contributed by atoms with Crippen molar-refractivity contribution in [2.75, 3.05) is 32.8 Å². The molecule has 2 N–H and O–H groups in total. The molecule has 2 aromatic heterocycles. The fourth-order valence-corrected chi connectivity index (χ4v) is 4.98. The van der Waals surface area contributed by atoms with Crippen molar-refractivity contribution in [3.05, 3.63) is 97.1 Å². The third-order valence-corrected chi connectivity index (χ3v) is 6.82. The van der Waals surface area contributed by atoms with E-state index in [0.29, 0.717) is 5.69 Å². The van der Waals surface area contributed by atoms with Gasteiger partial charge >= 0.3 is 0 Å². The molecule has 5 rings (SSSR count). The average Bonchev–Trinajstić information content (AvgIpc) is 3.30. The molecule has 1 aliphatic rings. The molecule has 0 amide bonds. The summed E-state index contributed by atoms with van der Waals surface area (Å²) in [5, 5.41) is 2.50. The zero-order valence-electron chi connectivity index (χ0n) is 21.4. The number of morpholine rings is 1. The van der Waals surface area contributed by atoms with E-state index in [1.54, 1.807) is 12.2 Å². The number of hydrogen-bond donors (Lipinski definition) is 2. The summed E-state index contributed by atoms with van der Waals surface area (Å²) in [6.07, 6.45) is 6.23. The Kier molecular flexibility index (Phi) is 7.48. The molecule has 4 aromatic rings. The van der Waals surface area contributed by atoms with Gasteiger partial charge in [0.2, 0.25) is 0 Å². The van der Waals surface area contributed by atoms with E-state index in [0.717, 1.165) is 67.8 Å². The predicted octanol–water partition coefficient (Wildman–Crippen LogP) is 1.92. The molecular formula is C29H33N5O3. The fraction of sp³-hybridized carbons (Fsp3) is 0.345. The molecule has 1 aliphatic heterocycles. The van der Waals surface area contributed by atoms with Gasteiger partial charge in [-0.15, -0.1) is 0 Å². The van der Waals surface area contributed by atoms with Gasteiger partial charge in [-0.25, -0.2) is 4.98 Å². The minimum Gasteiger partial charge on any atom is -0.379 e. The monoisotopic (exact) mass is 499 g/mol. The van der Waals surface area contributed by atoms with Crippen LogP contribution in [0.25, 0.3) is 22.9 Å². The number of H-pyrrole nitrogens is 2. The predicted molar refractivity (Wildman–Crippen MR) is 146 cm³/mol. The molecule has 3 heterocycles. The highest BCUT2D eigenvalue weighted by Gasteiger charge is 2.15. The highest BCUT2D eigenvalue weighted by Crippen LogP contribution is 2.20. The number of rotatable bonds is 7. The van der Waals surface area contributed by atoms with Crippen LogP contribution in [0.4, 0.5) is 0 Å². The highest BCUT2D eigenvalue weighted by molar-refractivity contribution is 5.90. The standard InChI is InChI=1S/C29H33N5O3/c1-20(2)27-24(30-19-34(27)12-6-11-33-13-15-37-16-14-33)18-26-29(36)31-25(28(35)32-26)17-22-9-5-8-21-7-3-4-10-23(21)22/h3-5,7-10,17-20H,6,11-16H2,1-2H3,(H,31,36)(H,32,35)/b25-17-,26-18-. The lowest BCUT2D eigenvalue weighted by Crippen LogP contribution is -2.46. The number of nitrogens with one attached hydrogen (secondary N) is 2. The highest BCUT2D eigenvalue weighted by atomic mass is 16.5. The van der Waals surface area contributed by atoms with Gasteiger partial charge in [-0.3, -0.25) is 14.5 Å². The van der Waals surface area contributed by atoms with E-state index in [2.05, 4.69) is 38.3 Å². The summed E-state index contributed by atoms with van der Waals surface area (Å²) in [5.74, 6) is 0.210. The largest absolute Gasteiger partial charge is 0.379 e. The van der Waals surface area contributed by atoms with Crippen molar-refractivity contribution in [3.63, 3.8) is 0 Å². The van der Waals surface area contributed by atoms with E-state index in [1.807, 2.05) is 48.8 Å². The fourth-order valence-electron chi connectivity index (χ4n) is 4.98. The molecule has 1 fully saturated rings. The number of hydrogen-bond acceptors (Lipinski definition) is 5. The lowest BCUT2D eigenvalue weighted by atomic mass is 10.0. The Hall–Kier alpha value is -3.75. The van der Waals surface area contributed by atoms with Gasteiger partial charge in [-0.2, -0.15) is 0 Å². The van der Waals surface area contributed by atoms with E-state index in [4.69, 9.17) is 4.74 Å². The zero-order chi connectivity index (χ0) is 25.8.